The summed E-state index contributed by atoms with van der Waals surface area (Å²) in [5, 5.41) is 5.50. The normalized spacial score (nSPS) is 20.5. The first-order chi connectivity index (χ1) is 7.25. The van der Waals surface area contributed by atoms with Crippen molar-refractivity contribution in [2.24, 2.45) is 11.8 Å². The molecule has 2 aliphatic rings. The topological polar surface area (TPSA) is 58.2 Å². The van der Waals surface area contributed by atoms with Gasteiger partial charge in [0, 0.05) is 12.5 Å². The summed E-state index contributed by atoms with van der Waals surface area (Å²) in [6, 6.07) is 0. The van der Waals surface area contributed by atoms with Crippen LogP contribution in [0.5, 0.6) is 0 Å². The second-order valence-corrected chi connectivity index (χ2v) is 4.59. The molecule has 84 valence electrons. The maximum atomic E-state index is 11.3. The van der Waals surface area contributed by atoms with Gasteiger partial charge < -0.3 is 10.6 Å². The molecule has 2 aliphatic carbocycles. The number of rotatable bonds is 5. The molecule has 2 rings (SSSR count). The highest BCUT2D eigenvalue weighted by Crippen LogP contribution is 2.28. The third-order valence-electron chi connectivity index (χ3n) is 3.18. The van der Waals surface area contributed by atoms with Crippen molar-refractivity contribution in [3.05, 3.63) is 0 Å². The van der Waals surface area contributed by atoms with Crippen molar-refractivity contribution in [2.45, 2.75) is 32.1 Å². The molecule has 4 heteroatoms. The average Bonchev–Trinajstić information content (AvgIpc) is 2.94. The maximum absolute atomic E-state index is 11.3. The van der Waals surface area contributed by atoms with Crippen LogP contribution in [0.25, 0.3) is 0 Å². The Morgan fingerprint density at radius 1 is 1.07 bits per heavy atom. The lowest BCUT2D eigenvalue weighted by atomic mass is 9.85. The predicted molar refractivity (Wildman–Crippen MR) is 56.1 cm³/mol. The molecule has 0 aliphatic heterocycles. The summed E-state index contributed by atoms with van der Waals surface area (Å²) in [5.74, 6) is 0.835. The molecule has 0 aromatic rings. The molecule has 2 saturated carbocycles. The largest absolute Gasteiger partial charge is 0.354 e. The number of hydrogen-bond acceptors (Lipinski definition) is 2. The van der Waals surface area contributed by atoms with Gasteiger partial charge in [0.2, 0.25) is 11.8 Å². The lowest BCUT2D eigenvalue weighted by Crippen LogP contribution is -2.40. The first kappa shape index (κ1) is 10.5. The number of hydrogen-bond donors (Lipinski definition) is 2. The van der Waals surface area contributed by atoms with E-state index >= 15 is 0 Å². The maximum Gasteiger partial charge on any atom is 0.239 e. The Morgan fingerprint density at radius 2 is 1.80 bits per heavy atom. The van der Waals surface area contributed by atoms with Crippen molar-refractivity contribution in [1.82, 2.24) is 10.6 Å². The molecule has 2 amide bonds. The highest BCUT2D eigenvalue weighted by molar-refractivity contribution is 5.86. The fourth-order valence-electron chi connectivity index (χ4n) is 1.67. The Labute approximate surface area is 89.8 Å². The van der Waals surface area contributed by atoms with Gasteiger partial charge in [-0.15, -0.1) is 0 Å². The Hall–Kier alpha value is -1.06. The minimum absolute atomic E-state index is 0.0359. The highest BCUT2D eigenvalue weighted by Gasteiger charge is 2.29. The van der Waals surface area contributed by atoms with Crippen LogP contribution in [0, 0.1) is 11.8 Å². The number of carbonyl (C=O) groups excluding carboxylic acids is 2. The molecule has 0 aromatic carbocycles. The van der Waals surface area contributed by atoms with Crippen LogP contribution in [-0.4, -0.2) is 24.9 Å². The molecule has 0 atom stereocenters. The third-order valence-corrected chi connectivity index (χ3v) is 3.18. The van der Waals surface area contributed by atoms with Crippen LogP contribution in [0.3, 0.4) is 0 Å². The fraction of sp³-hybridized carbons (Fsp3) is 0.818. The van der Waals surface area contributed by atoms with Gasteiger partial charge in [0.1, 0.15) is 0 Å². The summed E-state index contributed by atoms with van der Waals surface area (Å²) in [7, 11) is 0. The van der Waals surface area contributed by atoms with Crippen LogP contribution >= 0.6 is 0 Å². The summed E-state index contributed by atoms with van der Waals surface area (Å²) < 4.78 is 0. The summed E-state index contributed by atoms with van der Waals surface area (Å²) in [4.78, 5) is 22.5. The van der Waals surface area contributed by atoms with Crippen LogP contribution in [0.15, 0.2) is 0 Å². The van der Waals surface area contributed by atoms with E-state index in [4.69, 9.17) is 0 Å². The predicted octanol–water partition coefficient (Wildman–Crippen LogP) is 0.429. The van der Waals surface area contributed by atoms with Crippen LogP contribution < -0.4 is 10.6 Å². The second-order valence-electron chi connectivity index (χ2n) is 4.59. The zero-order chi connectivity index (χ0) is 10.7. The zero-order valence-electron chi connectivity index (χ0n) is 8.92. The van der Waals surface area contributed by atoms with E-state index in [-0.39, 0.29) is 24.3 Å². The Kier molecular flexibility index (Phi) is 3.23. The van der Waals surface area contributed by atoms with Crippen molar-refractivity contribution in [1.29, 1.82) is 0 Å². The molecule has 2 fully saturated rings. The lowest BCUT2D eigenvalue weighted by molar-refractivity contribution is -0.126. The van der Waals surface area contributed by atoms with Gasteiger partial charge in [-0.05, 0) is 31.6 Å². The van der Waals surface area contributed by atoms with Gasteiger partial charge in [-0.25, -0.2) is 0 Å². The van der Waals surface area contributed by atoms with E-state index in [0.717, 1.165) is 19.4 Å². The molecule has 2 N–H and O–H groups in total. The molecular weight excluding hydrogens is 192 g/mol. The standard InChI is InChI=1S/C11H18N2O2/c14-10(12-6-8-2-1-3-8)7-13-11(15)9-4-5-9/h8-9H,1-7H2,(H,12,14)(H,13,15). The summed E-state index contributed by atoms with van der Waals surface area (Å²) in [5.41, 5.74) is 0. The smallest absolute Gasteiger partial charge is 0.239 e. The summed E-state index contributed by atoms with van der Waals surface area (Å²) in [6.07, 6.45) is 5.72. The Bertz CT molecular complexity index is 257. The van der Waals surface area contributed by atoms with Crippen molar-refractivity contribution in [2.75, 3.05) is 13.1 Å². The highest BCUT2D eigenvalue weighted by atomic mass is 16.2. The van der Waals surface area contributed by atoms with Gasteiger partial charge in [-0.3, -0.25) is 9.59 Å². The molecule has 0 radical (unpaired) electrons. The van der Waals surface area contributed by atoms with Crippen LogP contribution in [0.4, 0.5) is 0 Å². The van der Waals surface area contributed by atoms with Gasteiger partial charge in [-0.1, -0.05) is 6.42 Å². The third kappa shape index (κ3) is 3.22. The van der Waals surface area contributed by atoms with Crippen LogP contribution in [0.2, 0.25) is 0 Å². The van der Waals surface area contributed by atoms with Crippen molar-refractivity contribution in [3.8, 4) is 0 Å². The van der Waals surface area contributed by atoms with Gasteiger partial charge in [0.25, 0.3) is 0 Å². The molecule has 0 spiro atoms. The van der Waals surface area contributed by atoms with Gasteiger partial charge in [-0.2, -0.15) is 0 Å². The van der Waals surface area contributed by atoms with Gasteiger partial charge >= 0.3 is 0 Å². The van der Waals surface area contributed by atoms with Crippen molar-refractivity contribution in [3.63, 3.8) is 0 Å². The summed E-state index contributed by atoms with van der Waals surface area (Å²) in [6.45, 7) is 0.917. The van der Waals surface area contributed by atoms with E-state index < -0.39 is 0 Å². The molecule has 0 aromatic heterocycles. The van der Waals surface area contributed by atoms with E-state index in [0.29, 0.717) is 5.92 Å². The molecule has 0 heterocycles. The second kappa shape index (κ2) is 4.64. The molecule has 0 unspecified atom stereocenters. The number of nitrogens with one attached hydrogen (secondary N) is 2. The molecule has 0 saturated heterocycles. The molecular formula is C11H18N2O2. The molecule has 4 nitrogen and oxygen atoms in total. The fourth-order valence-corrected chi connectivity index (χ4v) is 1.67. The number of carbonyl (C=O) groups is 2. The Morgan fingerprint density at radius 3 is 2.33 bits per heavy atom. The van der Waals surface area contributed by atoms with E-state index in [9.17, 15) is 9.59 Å². The minimum Gasteiger partial charge on any atom is -0.354 e. The lowest BCUT2D eigenvalue weighted by Gasteiger charge is -2.25. The van der Waals surface area contributed by atoms with Gasteiger partial charge in [0.15, 0.2) is 0 Å². The minimum atomic E-state index is -0.0594. The van der Waals surface area contributed by atoms with Crippen LogP contribution in [-0.2, 0) is 9.59 Å². The molecule has 0 bridgehead atoms. The summed E-state index contributed by atoms with van der Waals surface area (Å²) >= 11 is 0. The van der Waals surface area contributed by atoms with E-state index in [1.807, 2.05) is 0 Å². The van der Waals surface area contributed by atoms with E-state index in [1.165, 1.54) is 19.3 Å². The van der Waals surface area contributed by atoms with Crippen molar-refractivity contribution >= 4 is 11.8 Å². The first-order valence-electron chi connectivity index (χ1n) is 5.80. The van der Waals surface area contributed by atoms with E-state index in [2.05, 4.69) is 10.6 Å². The number of amides is 2. The molecule has 15 heavy (non-hydrogen) atoms. The SMILES string of the molecule is O=C(CNC(=O)C1CC1)NCC1CCC1. The monoisotopic (exact) mass is 210 g/mol. The Balaban J connectivity index is 1.53. The van der Waals surface area contributed by atoms with Crippen LogP contribution in [0.1, 0.15) is 32.1 Å². The zero-order valence-corrected chi connectivity index (χ0v) is 8.92. The van der Waals surface area contributed by atoms with E-state index in [1.54, 1.807) is 0 Å². The van der Waals surface area contributed by atoms with Gasteiger partial charge in [0.05, 0.1) is 6.54 Å². The first-order valence-corrected chi connectivity index (χ1v) is 5.80. The van der Waals surface area contributed by atoms with Crippen molar-refractivity contribution < 1.29 is 9.59 Å². The quantitative estimate of drug-likeness (QED) is 0.691. The average molecular weight is 210 g/mol.